The van der Waals surface area contributed by atoms with E-state index in [0.717, 1.165) is 66.9 Å². The first-order chi connectivity index (χ1) is 13.8. The van der Waals surface area contributed by atoms with Crippen molar-refractivity contribution < 1.29 is 22.3 Å². The van der Waals surface area contributed by atoms with Gasteiger partial charge >= 0.3 is 6.36 Å². The molecule has 0 heterocycles. The van der Waals surface area contributed by atoms with Crippen molar-refractivity contribution in [2.75, 3.05) is 0 Å². The summed E-state index contributed by atoms with van der Waals surface area (Å²) in [5.41, 5.74) is 0.806. The Morgan fingerprint density at radius 2 is 1.38 bits per heavy atom. The molecule has 0 spiro atoms. The fourth-order valence-electron chi connectivity index (χ4n) is 6.49. The summed E-state index contributed by atoms with van der Waals surface area (Å²) in [6.07, 6.45) is 7.83. The zero-order valence-corrected chi connectivity index (χ0v) is 17.2. The van der Waals surface area contributed by atoms with Crippen molar-refractivity contribution in [2.24, 2.45) is 29.6 Å². The molecule has 1 aromatic carbocycles. The van der Waals surface area contributed by atoms with Crippen LogP contribution in [0, 0.1) is 35.4 Å². The number of ether oxygens (including phenoxy) is 1. The Labute approximate surface area is 171 Å². The SMILES string of the molecule is CC1CCC2CC(C3CCC(c4ccc(OC(F)(F)F)c(F)c4)CC3)CCC2C1. The van der Waals surface area contributed by atoms with Crippen LogP contribution in [-0.2, 0) is 0 Å². The number of hydrogen-bond acceptors (Lipinski definition) is 1. The standard InChI is InChI=1S/C24H32F4O/c1-15-2-3-20-13-19(9-8-18(20)12-15)16-4-6-17(7-5-16)21-10-11-23(22(25)14-21)29-24(26,27)28/h10-11,14-20H,2-9,12-13H2,1H3. The van der Waals surface area contributed by atoms with E-state index >= 15 is 0 Å². The van der Waals surface area contributed by atoms with Gasteiger partial charge in [-0.3, -0.25) is 0 Å². The van der Waals surface area contributed by atoms with E-state index in [2.05, 4.69) is 11.7 Å². The minimum atomic E-state index is -4.87. The summed E-state index contributed by atoms with van der Waals surface area (Å²) in [6.45, 7) is 2.40. The first-order valence-corrected chi connectivity index (χ1v) is 11.3. The Bertz CT molecular complexity index is 693. The highest BCUT2D eigenvalue weighted by Crippen LogP contribution is 2.49. The van der Waals surface area contributed by atoms with Crippen molar-refractivity contribution >= 4 is 0 Å². The normalized spacial score (nSPS) is 35.8. The minimum Gasteiger partial charge on any atom is -0.403 e. The van der Waals surface area contributed by atoms with Crippen molar-refractivity contribution in [3.63, 3.8) is 0 Å². The van der Waals surface area contributed by atoms with Gasteiger partial charge in [-0.2, -0.15) is 0 Å². The maximum atomic E-state index is 14.1. The quantitative estimate of drug-likeness (QED) is 0.459. The molecule has 3 saturated carbocycles. The zero-order valence-electron chi connectivity index (χ0n) is 17.2. The van der Waals surface area contributed by atoms with Gasteiger partial charge in [-0.05, 0) is 111 Å². The van der Waals surface area contributed by atoms with Gasteiger partial charge in [0.1, 0.15) is 0 Å². The van der Waals surface area contributed by atoms with Gasteiger partial charge < -0.3 is 4.74 Å². The van der Waals surface area contributed by atoms with E-state index in [1.807, 2.05) is 0 Å². The molecule has 4 rings (SSSR count). The van der Waals surface area contributed by atoms with Gasteiger partial charge in [-0.15, -0.1) is 13.2 Å². The molecular weight excluding hydrogens is 380 g/mol. The topological polar surface area (TPSA) is 9.23 Å². The third-order valence-corrected chi connectivity index (χ3v) is 8.01. The molecule has 0 bridgehead atoms. The Kier molecular flexibility index (Phi) is 6.13. The second-order valence-electron chi connectivity index (χ2n) is 9.86. The van der Waals surface area contributed by atoms with E-state index in [1.54, 1.807) is 6.07 Å². The summed E-state index contributed by atoms with van der Waals surface area (Å²) in [7, 11) is 0. The van der Waals surface area contributed by atoms with Crippen LogP contribution in [0.2, 0.25) is 0 Å². The second kappa shape index (κ2) is 8.47. The van der Waals surface area contributed by atoms with E-state index in [4.69, 9.17) is 0 Å². The maximum absolute atomic E-state index is 14.1. The lowest BCUT2D eigenvalue weighted by molar-refractivity contribution is -0.275. The summed E-state index contributed by atoms with van der Waals surface area (Å²) >= 11 is 0. The molecule has 5 heteroatoms. The lowest BCUT2D eigenvalue weighted by Gasteiger charge is -2.45. The minimum absolute atomic E-state index is 0.243. The van der Waals surface area contributed by atoms with Crippen LogP contribution in [0.5, 0.6) is 5.75 Å². The number of fused-ring (bicyclic) bond motifs is 1. The third-order valence-electron chi connectivity index (χ3n) is 8.01. The molecule has 3 aliphatic rings. The van der Waals surface area contributed by atoms with Crippen molar-refractivity contribution in [2.45, 2.75) is 83.4 Å². The molecule has 4 unspecified atom stereocenters. The lowest BCUT2D eigenvalue weighted by Crippen LogP contribution is -2.34. The highest BCUT2D eigenvalue weighted by atomic mass is 19.4. The molecule has 1 nitrogen and oxygen atoms in total. The van der Waals surface area contributed by atoms with E-state index < -0.39 is 17.9 Å². The fourth-order valence-corrected chi connectivity index (χ4v) is 6.49. The Morgan fingerprint density at radius 3 is 2.03 bits per heavy atom. The number of alkyl halides is 3. The molecule has 0 aromatic heterocycles. The molecule has 162 valence electrons. The molecule has 0 aliphatic heterocycles. The predicted molar refractivity (Wildman–Crippen MR) is 105 cm³/mol. The van der Waals surface area contributed by atoms with Crippen molar-refractivity contribution in [3.05, 3.63) is 29.6 Å². The monoisotopic (exact) mass is 412 g/mol. The summed E-state index contributed by atoms with van der Waals surface area (Å²) < 4.78 is 54.8. The average Bonchev–Trinajstić information content (AvgIpc) is 2.68. The van der Waals surface area contributed by atoms with Gasteiger partial charge in [-0.1, -0.05) is 19.4 Å². The van der Waals surface area contributed by atoms with Crippen molar-refractivity contribution in [1.29, 1.82) is 0 Å². The summed E-state index contributed by atoms with van der Waals surface area (Å²) in [5, 5.41) is 0. The summed E-state index contributed by atoms with van der Waals surface area (Å²) in [5.74, 6) is 2.96. The molecule has 3 fully saturated rings. The molecule has 0 radical (unpaired) electrons. The van der Waals surface area contributed by atoms with Crippen LogP contribution >= 0.6 is 0 Å². The lowest BCUT2D eigenvalue weighted by atomic mass is 9.61. The van der Waals surface area contributed by atoms with E-state index in [9.17, 15) is 17.6 Å². The molecule has 29 heavy (non-hydrogen) atoms. The van der Waals surface area contributed by atoms with Crippen LogP contribution in [0.4, 0.5) is 17.6 Å². The molecule has 0 amide bonds. The fraction of sp³-hybridized carbons (Fsp3) is 0.750. The van der Waals surface area contributed by atoms with Crippen LogP contribution in [-0.4, -0.2) is 6.36 Å². The molecular formula is C24H32F4O. The van der Waals surface area contributed by atoms with Crippen LogP contribution in [0.15, 0.2) is 18.2 Å². The van der Waals surface area contributed by atoms with Gasteiger partial charge in [0.15, 0.2) is 11.6 Å². The molecule has 0 N–H and O–H groups in total. The first kappa shape index (κ1) is 21.0. The van der Waals surface area contributed by atoms with Gasteiger partial charge in [-0.25, -0.2) is 4.39 Å². The van der Waals surface area contributed by atoms with Crippen LogP contribution in [0.1, 0.15) is 82.6 Å². The second-order valence-corrected chi connectivity index (χ2v) is 9.86. The number of hydrogen-bond donors (Lipinski definition) is 0. The number of halogens is 4. The van der Waals surface area contributed by atoms with E-state index in [0.29, 0.717) is 0 Å². The smallest absolute Gasteiger partial charge is 0.403 e. The Balaban J connectivity index is 1.31. The molecule has 3 aliphatic carbocycles. The van der Waals surface area contributed by atoms with E-state index in [-0.39, 0.29) is 5.92 Å². The number of benzene rings is 1. The van der Waals surface area contributed by atoms with Gasteiger partial charge in [0.05, 0.1) is 0 Å². The van der Waals surface area contributed by atoms with E-state index in [1.165, 1.54) is 44.6 Å². The summed E-state index contributed by atoms with van der Waals surface area (Å²) in [6, 6.07) is 3.96. The van der Waals surface area contributed by atoms with Gasteiger partial charge in [0.25, 0.3) is 0 Å². The molecule has 1 aromatic rings. The van der Waals surface area contributed by atoms with Gasteiger partial charge in [0, 0.05) is 0 Å². The Morgan fingerprint density at radius 1 is 0.793 bits per heavy atom. The van der Waals surface area contributed by atoms with Crippen LogP contribution in [0.25, 0.3) is 0 Å². The van der Waals surface area contributed by atoms with Crippen molar-refractivity contribution in [3.8, 4) is 5.75 Å². The third kappa shape index (κ3) is 5.08. The highest BCUT2D eigenvalue weighted by molar-refractivity contribution is 5.31. The zero-order chi connectivity index (χ0) is 20.6. The summed E-state index contributed by atoms with van der Waals surface area (Å²) in [4.78, 5) is 0. The maximum Gasteiger partial charge on any atom is 0.573 e. The van der Waals surface area contributed by atoms with Gasteiger partial charge in [0.2, 0.25) is 0 Å². The first-order valence-electron chi connectivity index (χ1n) is 11.3. The Hall–Kier alpha value is -1.26. The largest absolute Gasteiger partial charge is 0.573 e. The highest BCUT2D eigenvalue weighted by Gasteiger charge is 2.38. The number of rotatable bonds is 3. The molecule has 0 saturated heterocycles. The average molecular weight is 413 g/mol. The predicted octanol–water partition coefficient (Wildman–Crippen LogP) is 7.85. The van der Waals surface area contributed by atoms with Crippen molar-refractivity contribution in [1.82, 2.24) is 0 Å². The molecule has 4 atom stereocenters. The van der Waals surface area contributed by atoms with Crippen LogP contribution in [0.3, 0.4) is 0 Å². The van der Waals surface area contributed by atoms with Crippen LogP contribution < -0.4 is 4.74 Å².